The van der Waals surface area contributed by atoms with Gasteiger partial charge in [0.15, 0.2) is 6.61 Å². The van der Waals surface area contributed by atoms with Crippen molar-refractivity contribution in [1.82, 2.24) is 5.43 Å². The third kappa shape index (κ3) is 6.32. The second-order valence-corrected chi connectivity index (χ2v) is 9.62. The number of nitrogens with one attached hydrogen (secondary N) is 2. The van der Waals surface area contributed by atoms with Crippen molar-refractivity contribution >= 4 is 66.8 Å². The van der Waals surface area contributed by atoms with Gasteiger partial charge in [-0.15, -0.1) is 11.3 Å². The molecule has 0 fully saturated rings. The number of carbonyl (C=O) groups excluding carboxylic acids is 2. The lowest BCUT2D eigenvalue weighted by Crippen LogP contribution is -2.20. The second-order valence-electron chi connectivity index (χ2n) is 7.68. The SMILES string of the molecule is Cc1ccc(NC(=O)COc2ccc(/C=N\NC(=O)c3cc4cc([N+](=O)[O-])ccc4s3)cc2Br)cc1. The molecule has 0 saturated carbocycles. The van der Waals surface area contributed by atoms with E-state index in [1.165, 1.54) is 29.7 Å². The van der Waals surface area contributed by atoms with Gasteiger partial charge < -0.3 is 10.1 Å². The van der Waals surface area contributed by atoms with E-state index in [9.17, 15) is 19.7 Å². The highest BCUT2D eigenvalue weighted by Gasteiger charge is 2.13. The molecule has 4 aromatic rings. The van der Waals surface area contributed by atoms with E-state index in [-0.39, 0.29) is 18.2 Å². The van der Waals surface area contributed by atoms with Crippen molar-refractivity contribution in [3.8, 4) is 5.75 Å². The average Bonchev–Trinajstić information content (AvgIpc) is 3.28. The van der Waals surface area contributed by atoms with Crippen LogP contribution >= 0.6 is 27.3 Å². The van der Waals surface area contributed by atoms with E-state index in [0.717, 1.165) is 10.3 Å². The van der Waals surface area contributed by atoms with Crippen molar-refractivity contribution < 1.29 is 19.2 Å². The molecule has 3 aromatic carbocycles. The number of halogens is 1. The van der Waals surface area contributed by atoms with Crippen molar-refractivity contribution in [2.45, 2.75) is 6.92 Å². The topological polar surface area (TPSA) is 123 Å². The number of aryl methyl sites for hydroxylation is 1. The number of non-ortho nitro benzene ring substituents is 1. The predicted octanol–water partition coefficient (Wildman–Crippen LogP) is 5.66. The number of hydrazone groups is 1. The number of fused-ring (bicyclic) bond motifs is 1. The van der Waals surface area contributed by atoms with Crippen molar-refractivity contribution in [3.63, 3.8) is 0 Å². The number of anilines is 1. The Hall–Kier alpha value is -4.09. The van der Waals surface area contributed by atoms with Gasteiger partial charge in [-0.1, -0.05) is 17.7 Å². The van der Waals surface area contributed by atoms with Crippen LogP contribution in [0.25, 0.3) is 10.1 Å². The zero-order valence-corrected chi connectivity index (χ0v) is 21.3. The number of hydrogen-bond donors (Lipinski definition) is 2. The number of rotatable bonds is 8. The number of benzene rings is 3. The van der Waals surface area contributed by atoms with Gasteiger partial charge in [-0.05, 0) is 70.9 Å². The standard InChI is InChI=1S/C25H19BrN4O5S/c1-15-2-5-18(6-3-15)28-24(31)14-35-21-8-4-16(10-20(21)26)13-27-29-25(32)23-12-17-11-19(30(33)34)7-9-22(17)36-23/h2-13H,14H2,1H3,(H,28,31)(H,29,32)/b27-13-. The van der Waals surface area contributed by atoms with E-state index in [1.54, 1.807) is 30.3 Å². The molecule has 0 unspecified atom stereocenters. The summed E-state index contributed by atoms with van der Waals surface area (Å²) in [6, 6.07) is 18.7. The van der Waals surface area contributed by atoms with Crippen LogP contribution in [0.3, 0.4) is 0 Å². The molecule has 0 spiro atoms. The molecule has 11 heteroatoms. The Bertz CT molecular complexity index is 1480. The molecule has 1 heterocycles. The van der Waals surface area contributed by atoms with E-state index in [4.69, 9.17) is 4.74 Å². The van der Waals surface area contributed by atoms with Crippen LogP contribution in [0.5, 0.6) is 5.75 Å². The summed E-state index contributed by atoms with van der Waals surface area (Å²) in [5, 5.41) is 18.3. The van der Waals surface area contributed by atoms with E-state index in [1.807, 2.05) is 31.2 Å². The highest BCUT2D eigenvalue weighted by molar-refractivity contribution is 9.10. The molecule has 2 N–H and O–H groups in total. The van der Waals surface area contributed by atoms with Gasteiger partial charge in [0.25, 0.3) is 17.5 Å². The van der Waals surface area contributed by atoms with Gasteiger partial charge in [0.05, 0.1) is 20.5 Å². The first-order chi connectivity index (χ1) is 17.3. The normalized spacial score (nSPS) is 10.9. The quantitative estimate of drug-likeness (QED) is 0.162. The number of nitro groups is 1. The van der Waals surface area contributed by atoms with Gasteiger partial charge in [0.2, 0.25) is 0 Å². The third-order valence-corrected chi connectivity index (χ3v) is 6.70. The Balaban J connectivity index is 1.31. The smallest absolute Gasteiger partial charge is 0.281 e. The molecule has 0 saturated heterocycles. The number of hydrogen-bond acceptors (Lipinski definition) is 7. The maximum absolute atomic E-state index is 12.4. The summed E-state index contributed by atoms with van der Waals surface area (Å²) in [5.74, 6) is -0.224. The van der Waals surface area contributed by atoms with E-state index in [0.29, 0.717) is 31.7 Å². The predicted molar refractivity (Wildman–Crippen MR) is 143 cm³/mol. The number of nitro benzene ring substituents is 1. The van der Waals surface area contributed by atoms with Crippen molar-refractivity contribution in [1.29, 1.82) is 0 Å². The van der Waals surface area contributed by atoms with E-state index >= 15 is 0 Å². The van der Waals surface area contributed by atoms with E-state index in [2.05, 4.69) is 31.8 Å². The molecule has 0 bridgehead atoms. The van der Waals surface area contributed by atoms with Crippen LogP contribution in [-0.4, -0.2) is 29.6 Å². The minimum Gasteiger partial charge on any atom is -0.483 e. The minimum atomic E-state index is -0.476. The Kier molecular flexibility index (Phi) is 7.71. The van der Waals surface area contributed by atoms with Gasteiger partial charge in [-0.3, -0.25) is 19.7 Å². The van der Waals surface area contributed by atoms with Crippen molar-refractivity contribution in [3.05, 3.63) is 97.3 Å². The fourth-order valence-corrected chi connectivity index (χ4v) is 4.61. The number of nitrogens with zero attached hydrogens (tertiary/aromatic N) is 2. The maximum Gasteiger partial charge on any atom is 0.281 e. The number of carbonyl (C=O) groups is 2. The maximum atomic E-state index is 12.4. The molecule has 0 radical (unpaired) electrons. The Morgan fingerprint density at radius 2 is 1.89 bits per heavy atom. The molecule has 0 atom stereocenters. The van der Waals surface area contributed by atoms with Gasteiger partial charge in [0.1, 0.15) is 5.75 Å². The van der Waals surface area contributed by atoms with Gasteiger partial charge in [0, 0.05) is 27.9 Å². The Morgan fingerprint density at radius 3 is 2.61 bits per heavy atom. The summed E-state index contributed by atoms with van der Waals surface area (Å²) < 4.78 is 6.97. The molecule has 9 nitrogen and oxygen atoms in total. The largest absolute Gasteiger partial charge is 0.483 e. The van der Waals surface area contributed by atoms with Crippen molar-refractivity contribution in [2.75, 3.05) is 11.9 Å². The van der Waals surface area contributed by atoms with Crippen LogP contribution in [-0.2, 0) is 4.79 Å². The molecule has 182 valence electrons. The summed E-state index contributed by atoms with van der Waals surface area (Å²) in [6.45, 7) is 1.81. The van der Waals surface area contributed by atoms with Crippen LogP contribution in [0.1, 0.15) is 20.8 Å². The molecule has 0 aliphatic rings. The number of ether oxygens (including phenoxy) is 1. The molecule has 2 amide bonds. The average molecular weight is 567 g/mol. The number of thiophene rings is 1. The summed E-state index contributed by atoms with van der Waals surface area (Å²) in [5.41, 5.74) is 4.90. The fraction of sp³-hybridized carbons (Fsp3) is 0.0800. The summed E-state index contributed by atoms with van der Waals surface area (Å²) in [4.78, 5) is 35.4. The van der Waals surface area contributed by atoms with Gasteiger partial charge in [-0.25, -0.2) is 5.43 Å². The second kappa shape index (κ2) is 11.1. The summed E-state index contributed by atoms with van der Waals surface area (Å²) in [7, 11) is 0. The molecular formula is C25H19BrN4O5S. The van der Waals surface area contributed by atoms with Crippen molar-refractivity contribution in [2.24, 2.45) is 5.10 Å². The van der Waals surface area contributed by atoms with Crippen LogP contribution < -0.4 is 15.5 Å². The van der Waals surface area contributed by atoms with E-state index < -0.39 is 10.8 Å². The summed E-state index contributed by atoms with van der Waals surface area (Å²) >= 11 is 4.63. The summed E-state index contributed by atoms with van der Waals surface area (Å²) in [6.07, 6.45) is 1.47. The van der Waals surface area contributed by atoms with Crippen LogP contribution in [0.15, 0.2) is 76.3 Å². The molecule has 0 aliphatic carbocycles. The lowest BCUT2D eigenvalue weighted by molar-refractivity contribution is -0.384. The highest BCUT2D eigenvalue weighted by atomic mass is 79.9. The first-order valence-electron chi connectivity index (χ1n) is 10.6. The zero-order valence-electron chi connectivity index (χ0n) is 18.9. The lowest BCUT2D eigenvalue weighted by atomic mass is 10.2. The molecular weight excluding hydrogens is 548 g/mol. The van der Waals surface area contributed by atoms with Crippen LogP contribution in [0, 0.1) is 17.0 Å². The third-order valence-electron chi connectivity index (χ3n) is 4.96. The zero-order chi connectivity index (χ0) is 25.7. The molecule has 0 aliphatic heterocycles. The van der Waals surface area contributed by atoms with Gasteiger partial charge >= 0.3 is 0 Å². The monoisotopic (exact) mass is 566 g/mol. The van der Waals surface area contributed by atoms with Crippen LogP contribution in [0.4, 0.5) is 11.4 Å². The number of amides is 2. The Morgan fingerprint density at radius 1 is 1.11 bits per heavy atom. The lowest BCUT2D eigenvalue weighted by Gasteiger charge is -2.09. The molecule has 36 heavy (non-hydrogen) atoms. The van der Waals surface area contributed by atoms with Gasteiger partial charge in [-0.2, -0.15) is 5.10 Å². The first kappa shape index (κ1) is 25.0. The molecule has 1 aromatic heterocycles. The first-order valence-corrected chi connectivity index (χ1v) is 12.2. The Labute approximate surface area is 218 Å². The minimum absolute atomic E-state index is 0.0322. The van der Waals surface area contributed by atoms with Crippen LogP contribution in [0.2, 0.25) is 0 Å². The fourth-order valence-electron chi connectivity index (χ4n) is 3.17. The molecule has 4 rings (SSSR count). The highest BCUT2D eigenvalue weighted by Crippen LogP contribution is 2.29.